The largest absolute Gasteiger partial charge is 0.351 e. The van der Waals surface area contributed by atoms with E-state index in [0.29, 0.717) is 12.1 Å². The third kappa shape index (κ3) is 1.33. The van der Waals surface area contributed by atoms with Crippen molar-refractivity contribution in [3.05, 3.63) is 22.8 Å². The Morgan fingerprint density at radius 3 is 3.00 bits per heavy atom. The van der Waals surface area contributed by atoms with Crippen LogP contribution in [-0.4, -0.2) is 30.2 Å². The van der Waals surface area contributed by atoms with Crippen LogP contribution in [0.25, 0.3) is 0 Å². The number of piperazine rings is 1. The van der Waals surface area contributed by atoms with E-state index >= 15 is 0 Å². The number of rotatable bonds is 1. The van der Waals surface area contributed by atoms with Gasteiger partial charge in [-0.3, -0.25) is 0 Å². The van der Waals surface area contributed by atoms with E-state index in [1.165, 1.54) is 6.42 Å². The van der Waals surface area contributed by atoms with Crippen molar-refractivity contribution in [1.82, 2.24) is 10.3 Å². The molecule has 1 N–H and O–H groups in total. The fourth-order valence-electron chi connectivity index (χ4n) is 2.38. The monoisotopic (exact) mass is 253 g/mol. The second-order valence-corrected chi connectivity index (χ2v) is 4.90. The van der Waals surface area contributed by atoms with Gasteiger partial charge >= 0.3 is 0 Å². The Labute approximate surface area is 91.6 Å². The molecule has 2 bridgehead atoms. The average Bonchev–Trinajstić information content (AvgIpc) is 2.80. The maximum atomic E-state index is 4.43. The molecule has 2 saturated heterocycles. The first kappa shape index (κ1) is 8.68. The van der Waals surface area contributed by atoms with Gasteiger partial charge in [-0.15, -0.1) is 0 Å². The number of hydrogen-bond acceptors (Lipinski definition) is 3. The van der Waals surface area contributed by atoms with E-state index in [0.717, 1.165) is 23.4 Å². The molecule has 2 fully saturated rings. The molecule has 0 unspecified atom stereocenters. The molecule has 1 aromatic heterocycles. The Kier molecular flexibility index (Phi) is 1.99. The number of fused-ring (bicyclic) bond motifs is 2. The van der Waals surface area contributed by atoms with Gasteiger partial charge in [-0.2, -0.15) is 0 Å². The first-order chi connectivity index (χ1) is 6.83. The second-order valence-electron chi connectivity index (χ2n) is 3.98. The van der Waals surface area contributed by atoms with E-state index in [2.05, 4.69) is 43.3 Å². The Morgan fingerprint density at radius 1 is 1.50 bits per heavy atom. The van der Waals surface area contributed by atoms with Gasteiger partial charge in [0.15, 0.2) is 0 Å². The van der Waals surface area contributed by atoms with Gasteiger partial charge in [0.05, 0.1) is 0 Å². The standard InChI is InChI=1S/C10H12BrN3/c11-7-1-2-10(13-4-7)14-6-8-3-9(14)5-12-8/h1-2,4,8-9,12H,3,5-6H2/t8-,9-/m0/s1. The highest BCUT2D eigenvalue weighted by Gasteiger charge is 2.37. The van der Waals surface area contributed by atoms with Gasteiger partial charge in [-0.1, -0.05) is 0 Å². The van der Waals surface area contributed by atoms with Gasteiger partial charge in [0.1, 0.15) is 5.82 Å². The lowest BCUT2D eigenvalue weighted by Gasteiger charge is -2.28. The summed E-state index contributed by atoms with van der Waals surface area (Å²) in [6.45, 7) is 2.22. The summed E-state index contributed by atoms with van der Waals surface area (Å²) in [6.07, 6.45) is 3.15. The van der Waals surface area contributed by atoms with E-state index in [1.807, 2.05) is 6.20 Å². The molecule has 0 amide bonds. The molecule has 0 spiro atoms. The first-order valence-electron chi connectivity index (χ1n) is 4.94. The molecule has 4 heteroatoms. The third-order valence-electron chi connectivity index (χ3n) is 3.06. The van der Waals surface area contributed by atoms with Gasteiger partial charge in [-0.05, 0) is 34.5 Å². The molecular weight excluding hydrogens is 242 g/mol. The maximum absolute atomic E-state index is 4.43. The van der Waals surface area contributed by atoms with Crippen molar-refractivity contribution < 1.29 is 0 Å². The van der Waals surface area contributed by atoms with Crippen molar-refractivity contribution in [3.63, 3.8) is 0 Å². The number of anilines is 1. The fourth-order valence-corrected chi connectivity index (χ4v) is 2.61. The van der Waals surface area contributed by atoms with Crippen molar-refractivity contribution in [2.75, 3.05) is 18.0 Å². The summed E-state index contributed by atoms with van der Waals surface area (Å²) >= 11 is 3.40. The number of nitrogens with zero attached hydrogens (tertiary/aromatic N) is 2. The van der Waals surface area contributed by atoms with E-state index in [4.69, 9.17) is 0 Å². The fraction of sp³-hybridized carbons (Fsp3) is 0.500. The molecule has 74 valence electrons. The van der Waals surface area contributed by atoms with Crippen LogP contribution in [0.2, 0.25) is 0 Å². The number of nitrogens with one attached hydrogen (secondary N) is 1. The molecule has 2 atom stereocenters. The molecule has 0 radical (unpaired) electrons. The molecule has 3 heterocycles. The number of pyridine rings is 1. The molecule has 0 aromatic carbocycles. The van der Waals surface area contributed by atoms with Crippen molar-refractivity contribution in [3.8, 4) is 0 Å². The third-order valence-corrected chi connectivity index (χ3v) is 3.53. The van der Waals surface area contributed by atoms with Crippen molar-refractivity contribution in [2.24, 2.45) is 0 Å². The van der Waals surface area contributed by atoms with Crippen LogP contribution in [0.15, 0.2) is 22.8 Å². The highest BCUT2D eigenvalue weighted by atomic mass is 79.9. The highest BCUT2D eigenvalue weighted by molar-refractivity contribution is 9.10. The minimum Gasteiger partial charge on any atom is -0.351 e. The molecule has 2 aliphatic rings. The van der Waals surface area contributed by atoms with Crippen LogP contribution in [0.5, 0.6) is 0 Å². The molecule has 0 saturated carbocycles. The zero-order valence-electron chi connectivity index (χ0n) is 7.78. The predicted octanol–water partition coefficient (Wildman–Crippen LogP) is 1.39. The van der Waals surface area contributed by atoms with Crippen LogP contribution in [0.3, 0.4) is 0 Å². The van der Waals surface area contributed by atoms with Crippen LogP contribution in [0.1, 0.15) is 6.42 Å². The molecule has 3 rings (SSSR count). The maximum Gasteiger partial charge on any atom is 0.128 e. The van der Waals surface area contributed by atoms with Crippen LogP contribution >= 0.6 is 15.9 Å². The van der Waals surface area contributed by atoms with Gasteiger partial charge in [-0.25, -0.2) is 4.98 Å². The lowest BCUT2D eigenvalue weighted by atomic mass is 10.2. The Morgan fingerprint density at radius 2 is 2.43 bits per heavy atom. The minimum atomic E-state index is 0.661. The summed E-state index contributed by atoms with van der Waals surface area (Å²) < 4.78 is 1.05. The first-order valence-corrected chi connectivity index (χ1v) is 5.74. The lowest BCUT2D eigenvalue weighted by Crippen LogP contribution is -2.43. The number of aromatic nitrogens is 1. The Balaban J connectivity index is 1.86. The van der Waals surface area contributed by atoms with Crippen molar-refractivity contribution in [2.45, 2.75) is 18.5 Å². The summed E-state index contributed by atoms with van der Waals surface area (Å²) in [5.74, 6) is 1.11. The molecule has 2 aliphatic heterocycles. The molecular formula is C10H12BrN3. The van der Waals surface area contributed by atoms with Gasteiger partial charge in [0, 0.05) is 35.8 Å². The molecule has 1 aromatic rings. The molecule has 0 aliphatic carbocycles. The Hall–Kier alpha value is -0.610. The predicted molar refractivity (Wildman–Crippen MR) is 59.5 cm³/mol. The minimum absolute atomic E-state index is 0.661. The zero-order chi connectivity index (χ0) is 9.54. The van der Waals surface area contributed by atoms with Crippen LogP contribution in [0, 0.1) is 0 Å². The van der Waals surface area contributed by atoms with Crippen LogP contribution < -0.4 is 10.2 Å². The molecule has 14 heavy (non-hydrogen) atoms. The highest BCUT2D eigenvalue weighted by Crippen LogP contribution is 2.28. The summed E-state index contributed by atoms with van der Waals surface area (Å²) in [5, 5.41) is 3.49. The summed E-state index contributed by atoms with van der Waals surface area (Å²) in [7, 11) is 0. The van der Waals surface area contributed by atoms with Crippen molar-refractivity contribution >= 4 is 21.7 Å². The normalized spacial score (nSPS) is 29.9. The zero-order valence-corrected chi connectivity index (χ0v) is 9.37. The number of halogens is 1. The average molecular weight is 254 g/mol. The van der Waals surface area contributed by atoms with Crippen molar-refractivity contribution in [1.29, 1.82) is 0 Å². The van der Waals surface area contributed by atoms with E-state index in [9.17, 15) is 0 Å². The van der Waals surface area contributed by atoms with E-state index < -0.39 is 0 Å². The van der Waals surface area contributed by atoms with Gasteiger partial charge in [0.25, 0.3) is 0 Å². The quantitative estimate of drug-likeness (QED) is 0.821. The van der Waals surface area contributed by atoms with Crippen LogP contribution in [-0.2, 0) is 0 Å². The van der Waals surface area contributed by atoms with E-state index in [1.54, 1.807) is 0 Å². The van der Waals surface area contributed by atoms with Crippen LogP contribution in [0.4, 0.5) is 5.82 Å². The topological polar surface area (TPSA) is 28.2 Å². The van der Waals surface area contributed by atoms with E-state index in [-0.39, 0.29) is 0 Å². The molecule has 3 nitrogen and oxygen atoms in total. The summed E-state index contributed by atoms with van der Waals surface area (Å²) in [5.41, 5.74) is 0. The SMILES string of the molecule is Brc1ccc(N2C[C@@H]3C[C@H]2CN3)nc1. The van der Waals surface area contributed by atoms with Gasteiger partial charge in [0.2, 0.25) is 0 Å². The number of hydrogen-bond donors (Lipinski definition) is 1. The smallest absolute Gasteiger partial charge is 0.128 e. The summed E-state index contributed by atoms with van der Waals surface area (Å²) in [6, 6.07) is 5.49. The Bertz CT molecular complexity index is 338. The van der Waals surface area contributed by atoms with Gasteiger partial charge < -0.3 is 10.2 Å². The second kappa shape index (κ2) is 3.21. The lowest BCUT2D eigenvalue weighted by molar-refractivity contribution is 0.576. The summed E-state index contributed by atoms with van der Waals surface area (Å²) in [4.78, 5) is 6.84.